The zero-order valence-electron chi connectivity index (χ0n) is 10.9. The normalized spacial score (nSPS) is 11.3. The molecule has 18 heavy (non-hydrogen) atoms. The molecule has 0 aliphatic rings. The fourth-order valence-corrected chi connectivity index (χ4v) is 1.65. The van der Waals surface area contributed by atoms with Crippen molar-refractivity contribution in [2.75, 3.05) is 5.32 Å². The molecule has 1 heterocycles. The monoisotopic (exact) mass is 244 g/mol. The molecule has 0 spiro atoms. The fourth-order valence-electron chi connectivity index (χ4n) is 1.65. The number of nitrogens with zero attached hydrogens (tertiary/aromatic N) is 1. The van der Waals surface area contributed by atoms with Gasteiger partial charge in [0.25, 0.3) is 0 Å². The van der Waals surface area contributed by atoms with Crippen LogP contribution < -0.4 is 5.32 Å². The number of anilines is 2. The van der Waals surface area contributed by atoms with Gasteiger partial charge in [-0.05, 0) is 35.2 Å². The standard InChI is InChI=1S/C15H17FN2/c1-15(2,3)11-4-7-13(8-5-11)18-14-9-6-12(16)10-17-14/h4-10H,1-3H3,(H,17,18). The van der Waals surface area contributed by atoms with E-state index in [9.17, 15) is 4.39 Å². The maximum atomic E-state index is 12.7. The maximum absolute atomic E-state index is 12.7. The largest absolute Gasteiger partial charge is 0.340 e. The Balaban J connectivity index is 2.13. The van der Waals surface area contributed by atoms with Gasteiger partial charge in [0.2, 0.25) is 0 Å². The number of halogens is 1. The zero-order chi connectivity index (χ0) is 13.2. The van der Waals surface area contributed by atoms with Gasteiger partial charge in [-0.15, -0.1) is 0 Å². The molecule has 1 N–H and O–H groups in total. The van der Waals surface area contributed by atoms with Crippen LogP contribution in [-0.2, 0) is 5.41 Å². The van der Waals surface area contributed by atoms with E-state index in [1.165, 1.54) is 17.8 Å². The van der Waals surface area contributed by atoms with Gasteiger partial charge in [-0.2, -0.15) is 0 Å². The lowest BCUT2D eigenvalue weighted by atomic mass is 9.87. The Kier molecular flexibility index (Phi) is 3.32. The molecule has 0 unspecified atom stereocenters. The zero-order valence-corrected chi connectivity index (χ0v) is 10.9. The molecule has 0 bridgehead atoms. The molecule has 0 aliphatic carbocycles. The number of benzene rings is 1. The number of aromatic nitrogens is 1. The first-order valence-corrected chi connectivity index (χ1v) is 5.94. The van der Waals surface area contributed by atoms with Crippen LogP contribution in [0.2, 0.25) is 0 Å². The van der Waals surface area contributed by atoms with Crippen LogP contribution in [0.25, 0.3) is 0 Å². The van der Waals surface area contributed by atoms with Crippen LogP contribution in [0.5, 0.6) is 0 Å². The van der Waals surface area contributed by atoms with Crippen molar-refractivity contribution in [3.8, 4) is 0 Å². The third-order valence-corrected chi connectivity index (χ3v) is 2.75. The smallest absolute Gasteiger partial charge is 0.141 e. The molecule has 2 aromatic rings. The van der Waals surface area contributed by atoms with Crippen molar-refractivity contribution in [2.24, 2.45) is 0 Å². The van der Waals surface area contributed by atoms with Gasteiger partial charge in [0.05, 0.1) is 6.20 Å². The number of rotatable bonds is 2. The van der Waals surface area contributed by atoms with Gasteiger partial charge in [0, 0.05) is 5.69 Å². The molecule has 0 amide bonds. The molecule has 1 aromatic heterocycles. The SMILES string of the molecule is CC(C)(C)c1ccc(Nc2ccc(F)cn2)cc1. The van der Waals surface area contributed by atoms with E-state index in [-0.39, 0.29) is 11.2 Å². The second kappa shape index (κ2) is 4.77. The molecule has 3 heteroatoms. The van der Waals surface area contributed by atoms with Crippen LogP contribution in [0.4, 0.5) is 15.9 Å². The topological polar surface area (TPSA) is 24.9 Å². The van der Waals surface area contributed by atoms with Crippen LogP contribution in [0.15, 0.2) is 42.6 Å². The van der Waals surface area contributed by atoms with Crippen molar-refractivity contribution in [3.63, 3.8) is 0 Å². The molecule has 0 saturated carbocycles. The summed E-state index contributed by atoms with van der Waals surface area (Å²) in [7, 11) is 0. The Labute approximate surface area is 107 Å². The fraction of sp³-hybridized carbons (Fsp3) is 0.267. The highest BCUT2D eigenvalue weighted by molar-refractivity contribution is 5.56. The first kappa shape index (κ1) is 12.6. The Morgan fingerprint density at radius 1 is 1.00 bits per heavy atom. The van der Waals surface area contributed by atoms with Crippen molar-refractivity contribution in [2.45, 2.75) is 26.2 Å². The third-order valence-electron chi connectivity index (χ3n) is 2.75. The highest BCUT2D eigenvalue weighted by atomic mass is 19.1. The first-order valence-electron chi connectivity index (χ1n) is 5.94. The minimum absolute atomic E-state index is 0.145. The Bertz CT molecular complexity index is 510. The lowest BCUT2D eigenvalue weighted by Gasteiger charge is -2.19. The van der Waals surface area contributed by atoms with Crippen LogP contribution >= 0.6 is 0 Å². The molecule has 0 radical (unpaired) electrons. The number of hydrogen-bond donors (Lipinski definition) is 1. The van der Waals surface area contributed by atoms with Crippen molar-refractivity contribution < 1.29 is 4.39 Å². The number of pyridine rings is 1. The number of hydrogen-bond acceptors (Lipinski definition) is 2. The predicted octanol–water partition coefficient (Wildman–Crippen LogP) is 4.26. The van der Waals surface area contributed by atoms with E-state index < -0.39 is 0 Å². The number of nitrogens with one attached hydrogen (secondary N) is 1. The molecule has 0 aliphatic heterocycles. The summed E-state index contributed by atoms with van der Waals surface area (Å²) in [5.74, 6) is 0.309. The lowest BCUT2D eigenvalue weighted by molar-refractivity contribution is 0.590. The van der Waals surface area contributed by atoms with Crippen molar-refractivity contribution >= 4 is 11.5 Å². The van der Waals surface area contributed by atoms with Crippen molar-refractivity contribution in [3.05, 3.63) is 54.0 Å². The first-order chi connectivity index (χ1) is 8.45. The Hall–Kier alpha value is -1.90. The predicted molar refractivity (Wildman–Crippen MR) is 72.6 cm³/mol. The molecular weight excluding hydrogens is 227 g/mol. The van der Waals surface area contributed by atoms with Crippen LogP contribution in [0, 0.1) is 5.82 Å². The van der Waals surface area contributed by atoms with E-state index in [1.807, 2.05) is 12.1 Å². The summed E-state index contributed by atoms with van der Waals surface area (Å²) in [5, 5.41) is 3.13. The van der Waals surface area contributed by atoms with Crippen molar-refractivity contribution in [1.29, 1.82) is 0 Å². The highest BCUT2D eigenvalue weighted by Gasteiger charge is 2.12. The summed E-state index contributed by atoms with van der Waals surface area (Å²) in [5.41, 5.74) is 2.37. The molecule has 94 valence electrons. The summed E-state index contributed by atoms with van der Waals surface area (Å²) in [6.07, 6.45) is 1.20. The second-order valence-electron chi connectivity index (χ2n) is 5.31. The maximum Gasteiger partial charge on any atom is 0.141 e. The van der Waals surface area contributed by atoms with E-state index in [2.05, 4.69) is 43.2 Å². The van der Waals surface area contributed by atoms with Crippen LogP contribution in [-0.4, -0.2) is 4.98 Å². The van der Waals surface area contributed by atoms with Crippen molar-refractivity contribution in [1.82, 2.24) is 4.98 Å². The van der Waals surface area contributed by atoms with Gasteiger partial charge >= 0.3 is 0 Å². The van der Waals surface area contributed by atoms with E-state index in [1.54, 1.807) is 6.07 Å². The van der Waals surface area contributed by atoms with E-state index in [4.69, 9.17) is 0 Å². The molecule has 1 aromatic carbocycles. The van der Waals surface area contributed by atoms with E-state index >= 15 is 0 Å². The summed E-state index contributed by atoms with van der Waals surface area (Å²) >= 11 is 0. The molecule has 0 atom stereocenters. The molecule has 0 saturated heterocycles. The average molecular weight is 244 g/mol. The van der Waals surface area contributed by atoms with Gasteiger partial charge in [-0.3, -0.25) is 0 Å². The van der Waals surface area contributed by atoms with E-state index in [0.717, 1.165) is 5.69 Å². The van der Waals surface area contributed by atoms with E-state index in [0.29, 0.717) is 5.82 Å². The van der Waals surface area contributed by atoms with Gasteiger partial charge < -0.3 is 5.32 Å². The molecule has 2 rings (SSSR count). The minimum atomic E-state index is -0.330. The van der Waals surface area contributed by atoms with Gasteiger partial charge in [-0.1, -0.05) is 32.9 Å². The molecular formula is C15H17FN2. The van der Waals surface area contributed by atoms with Crippen LogP contribution in [0.3, 0.4) is 0 Å². The highest BCUT2D eigenvalue weighted by Crippen LogP contribution is 2.24. The summed E-state index contributed by atoms with van der Waals surface area (Å²) < 4.78 is 12.7. The van der Waals surface area contributed by atoms with Gasteiger partial charge in [-0.25, -0.2) is 9.37 Å². The van der Waals surface area contributed by atoms with Crippen LogP contribution in [0.1, 0.15) is 26.3 Å². The second-order valence-corrected chi connectivity index (χ2v) is 5.31. The van der Waals surface area contributed by atoms with Gasteiger partial charge in [0.15, 0.2) is 0 Å². The quantitative estimate of drug-likeness (QED) is 0.853. The van der Waals surface area contributed by atoms with Gasteiger partial charge in [0.1, 0.15) is 11.6 Å². The molecule has 0 fully saturated rings. The third kappa shape index (κ3) is 3.06. The lowest BCUT2D eigenvalue weighted by Crippen LogP contribution is -2.10. The Morgan fingerprint density at radius 3 is 2.17 bits per heavy atom. The Morgan fingerprint density at radius 2 is 1.67 bits per heavy atom. The average Bonchev–Trinajstić information content (AvgIpc) is 2.32. The minimum Gasteiger partial charge on any atom is -0.340 e. The summed E-state index contributed by atoms with van der Waals surface area (Å²) in [6.45, 7) is 6.53. The summed E-state index contributed by atoms with van der Waals surface area (Å²) in [6, 6.07) is 11.2. The molecule has 2 nitrogen and oxygen atoms in total. The summed E-state index contributed by atoms with van der Waals surface area (Å²) in [4.78, 5) is 3.96.